The number of carbonyl (C=O) groups excluding carboxylic acids is 1. The molecule has 5 nitrogen and oxygen atoms in total. The zero-order chi connectivity index (χ0) is 17.6. The lowest BCUT2D eigenvalue weighted by atomic mass is 10.0. The standard InChI is InChI=1S/C19H29ClN4O/c1-15-7-3-6-9-23(15)12-8-21-18-17(20)13-16(14-22-18)19(25)24-10-4-2-5-11-24/h13-15H,2-12H2,1H3,(H,21,22). The van der Waals surface area contributed by atoms with Gasteiger partial charge in [0.25, 0.3) is 5.91 Å². The number of nitrogens with one attached hydrogen (secondary N) is 1. The molecule has 0 radical (unpaired) electrons. The Morgan fingerprint density at radius 3 is 2.72 bits per heavy atom. The highest BCUT2D eigenvalue weighted by Gasteiger charge is 2.20. The first-order chi connectivity index (χ1) is 12.1. The maximum absolute atomic E-state index is 12.5. The Balaban J connectivity index is 1.53. The van der Waals surface area contributed by atoms with Gasteiger partial charge in [-0.25, -0.2) is 4.98 Å². The molecule has 0 bridgehead atoms. The lowest BCUT2D eigenvalue weighted by Crippen LogP contribution is -2.40. The van der Waals surface area contributed by atoms with E-state index in [1.54, 1.807) is 12.3 Å². The summed E-state index contributed by atoms with van der Waals surface area (Å²) >= 11 is 6.35. The van der Waals surface area contributed by atoms with E-state index in [0.717, 1.165) is 39.0 Å². The third-order valence-electron chi connectivity index (χ3n) is 5.36. The van der Waals surface area contributed by atoms with E-state index < -0.39 is 0 Å². The SMILES string of the molecule is CC1CCCCN1CCNc1ncc(C(=O)N2CCCCC2)cc1Cl. The van der Waals surface area contributed by atoms with Crippen LogP contribution < -0.4 is 5.32 Å². The van der Waals surface area contributed by atoms with Crippen LogP contribution in [0.15, 0.2) is 12.3 Å². The molecule has 2 aliphatic heterocycles. The largest absolute Gasteiger partial charge is 0.368 e. The van der Waals surface area contributed by atoms with E-state index in [1.807, 2.05) is 4.90 Å². The van der Waals surface area contributed by atoms with Gasteiger partial charge in [0, 0.05) is 38.4 Å². The highest BCUT2D eigenvalue weighted by atomic mass is 35.5. The Labute approximate surface area is 155 Å². The van der Waals surface area contributed by atoms with Gasteiger partial charge >= 0.3 is 0 Å². The lowest BCUT2D eigenvalue weighted by Gasteiger charge is -2.33. The highest BCUT2D eigenvalue weighted by molar-refractivity contribution is 6.33. The Morgan fingerprint density at radius 1 is 1.24 bits per heavy atom. The van der Waals surface area contributed by atoms with Crippen LogP contribution in [0.5, 0.6) is 0 Å². The van der Waals surface area contributed by atoms with Crippen molar-refractivity contribution in [1.82, 2.24) is 14.8 Å². The van der Waals surface area contributed by atoms with Gasteiger partial charge < -0.3 is 10.2 Å². The number of likely N-dealkylation sites (tertiary alicyclic amines) is 2. The molecule has 2 aliphatic rings. The van der Waals surface area contributed by atoms with Crippen LogP contribution in [-0.2, 0) is 0 Å². The molecule has 1 N–H and O–H groups in total. The molecule has 2 fully saturated rings. The molecule has 0 aliphatic carbocycles. The molecule has 1 amide bonds. The molecule has 0 spiro atoms. The number of carbonyl (C=O) groups is 1. The van der Waals surface area contributed by atoms with Crippen molar-refractivity contribution in [2.24, 2.45) is 0 Å². The Bertz CT molecular complexity index is 589. The molecule has 2 saturated heterocycles. The number of hydrogen-bond donors (Lipinski definition) is 1. The zero-order valence-electron chi connectivity index (χ0n) is 15.1. The third kappa shape index (κ3) is 4.85. The van der Waals surface area contributed by atoms with Gasteiger partial charge in [0.05, 0.1) is 10.6 Å². The number of rotatable bonds is 5. The Kier molecular flexibility index (Phi) is 6.54. The normalized spacial score (nSPS) is 22.0. The van der Waals surface area contributed by atoms with E-state index in [1.165, 1.54) is 32.2 Å². The fourth-order valence-electron chi connectivity index (χ4n) is 3.77. The summed E-state index contributed by atoms with van der Waals surface area (Å²) in [5.74, 6) is 0.712. The first-order valence-corrected chi connectivity index (χ1v) is 9.95. The molecular weight excluding hydrogens is 336 g/mol. The van der Waals surface area contributed by atoms with Crippen LogP contribution in [0.2, 0.25) is 5.02 Å². The van der Waals surface area contributed by atoms with Gasteiger partial charge in [-0.05, 0) is 51.6 Å². The summed E-state index contributed by atoms with van der Waals surface area (Å²) in [6.45, 7) is 6.96. The number of piperidine rings is 2. The zero-order valence-corrected chi connectivity index (χ0v) is 15.9. The van der Waals surface area contributed by atoms with Crippen molar-refractivity contribution in [2.75, 3.05) is 38.0 Å². The van der Waals surface area contributed by atoms with Gasteiger partial charge in [-0.2, -0.15) is 0 Å². The van der Waals surface area contributed by atoms with E-state index in [-0.39, 0.29) is 5.91 Å². The summed E-state index contributed by atoms with van der Waals surface area (Å²) in [5, 5.41) is 3.84. The number of aromatic nitrogens is 1. The smallest absolute Gasteiger partial charge is 0.255 e. The fraction of sp³-hybridized carbons (Fsp3) is 0.684. The molecule has 3 heterocycles. The Morgan fingerprint density at radius 2 is 2.00 bits per heavy atom. The minimum absolute atomic E-state index is 0.0443. The predicted octanol–water partition coefficient (Wildman–Crippen LogP) is 3.65. The molecule has 0 aromatic carbocycles. The summed E-state index contributed by atoms with van der Waals surface area (Å²) in [7, 11) is 0. The van der Waals surface area contributed by atoms with Gasteiger partial charge in [0.1, 0.15) is 5.82 Å². The van der Waals surface area contributed by atoms with E-state index in [4.69, 9.17) is 11.6 Å². The van der Waals surface area contributed by atoms with Crippen LogP contribution in [-0.4, -0.2) is 59.5 Å². The van der Waals surface area contributed by atoms with Gasteiger partial charge in [0.15, 0.2) is 0 Å². The van der Waals surface area contributed by atoms with Crippen molar-refractivity contribution in [2.45, 2.75) is 51.5 Å². The van der Waals surface area contributed by atoms with Crippen molar-refractivity contribution in [3.8, 4) is 0 Å². The number of pyridine rings is 1. The second-order valence-corrected chi connectivity index (χ2v) is 7.62. The van der Waals surface area contributed by atoms with Crippen LogP contribution in [0.25, 0.3) is 0 Å². The summed E-state index contributed by atoms with van der Waals surface area (Å²) in [5.41, 5.74) is 0.585. The van der Waals surface area contributed by atoms with Crippen LogP contribution in [0.1, 0.15) is 55.8 Å². The number of hydrogen-bond acceptors (Lipinski definition) is 4. The summed E-state index contributed by atoms with van der Waals surface area (Å²) in [6.07, 6.45) is 8.94. The van der Waals surface area contributed by atoms with Crippen molar-refractivity contribution >= 4 is 23.3 Å². The van der Waals surface area contributed by atoms with E-state index in [9.17, 15) is 4.79 Å². The molecule has 3 rings (SSSR count). The van der Waals surface area contributed by atoms with E-state index in [2.05, 4.69) is 22.1 Å². The number of anilines is 1. The van der Waals surface area contributed by atoms with E-state index in [0.29, 0.717) is 22.4 Å². The predicted molar refractivity (Wildman–Crippen MR) is 102 cm³/mol. The average molecular weight is 365 g/mol. The maximum Gasteiger partial charge on any atom is 0.255 e. The molecule has 1 unspecified atom stereocenters. The van der Waals surface area contributed by atoms with Crippen molar-refractivity contribution in [3.63, 3.8) is 0 Å². The summed E-state index contributed by atoms with van der Waals surface area (Å²) < 4.78 is 0. The lowest BCUT2D eigenvalue weighted by molar-refractivity contribution is 0.0724. The number of halogens is 1. The minimum Gasteiger partial charge on any atom is -0.368 e. The minimum atomic E-state index is 0.0443. The maximum atomic E-state index is 12.5. The van der Waals surface area contributed by atoms with Crippen LogP contribution in [0.4, 0.5) is 5.82 Å². The average Bonchev–Trinajstić information content (AvgIpc) is 2.64. The molecule has 0 saturated carbocycles. The second kappa shape index (κ2) is 8.86. The molecule has 25 heavy (non-hydrogen) atoms. The first kappa shape index (κ1) is 18.5. The number of amides is 1. The van der Waals surface area contributed by atoms with Crippen molar-refractivity contribution in [3.05, 3.63) is 22.8 Å². The molecule has 1 atom stereocenters. The van der Waals surface area contributed by atoms with E-state index >= 15 is 0 Å². The molecule has 1 aromatic heterocycles. The van der Waals surface area contributed by atoms with Gasteiger partial charge in [0.2, 0.25) is 0 Å². The Hall–Kier alpha value is -1.33. The molecular formula is C19H29ClN4O. The highest BCUT2D eigenvalue weighted by Crippen LogP contribution is 2.22. The van der Waals surface area contributed by atoms with Crippen molar-refractivity contribution < 1.29 is 4.79 Å². The van der Waals surface area contributed by atoms with Crippen LogP contribution in [0.3, 0.4) is 0 Å². The van der Waals surface area contributed by atoms with Crippen molar-refractivity contribution in [1.29, 1.82) is 0 Å². The topological polar surface area (TPSA) is 48.5 Å². The third-order valence-corrected chi connectivity index (χ3v) is 5.65. The quantitative estimate of drug-likeness (QED) is 0.866. The first-order valence-electron chi connectivity index (χ1n) is 9.58. The summed E-state index contributed by atoms with van der Waals surface area (Å²) in [4.78, 5) is 21.3. The molecule has 138 valence electrons. The van der Waals surface area contributed by atoms with Gasteiger partial charge in [-0.15, -0.1) is 0 Å². The number of nitrogens with zero attached hydrogens (tertiary/aromatic N) is 3. The molecule has 1 aromatic rings. The molecule has 6 heteroatoms. The summed E-state index contributed by atoms with van der Waals surface area (Å²) in [6, 6.07) is 2.40. The van der Waals surface area contributed by atoms with Gasteiger partial charge in [-0.3, -0.25) is 9.69 Å². The van der Waals surface area contributed by atoms with Crippen LogP contribution in [0, 0.1) is 0 Å². The monoisotopic (exact) mass is 364 g/mol. The second-order valence-electron chi connectivity index (χ2n) is 7.21. The van der Waals surface area contributed by atoms with Gasteiger partial charge in [-0.1, -0.05) is 18.0 Å². The van der Waals surface area contributed by atoms with Crippen LogP contribution >= 0.6 is 11.6 Å². The fourth-order valence-corrected chi connectivity index (χ4v) is 4.01.